The lowest BCUT2D eigenvalue weighted by molar-refractivity contribution is -0.140. The Morgan fingerprint density at radius 2 is 1.94 bits per heavy atom. The maximum absolute atomic E-state index is 11.3. The number of carbonyl (C=O) groups is 1. The maximum atomic E-state index is 11.3. The van der Waals surface area contributed by atoms with Crippen molar-refractivity contribution in [2.24, 2.45) is 0 Å². The maximum Gasteiger partial charge on any atom is 0.417 e. The standard InChI is InChI=1S/C14H22N2O2/c1-5-18-14(17)13(16-15)10-9-12(4)8-6-7-11(2)3/h7,9H,5-6,8,10H2,1-4H3/b12-9+. The van der Waals surface area contributed by atoms with E-state index in [0.29, 0.717) is 6.42 Å². The summed E-state index contributed by atoms with van der Waals surface area (Å²) in [5, 5.41) is 0. The Morgan fingerprint density at radius 3 is 2.44 bits per heavy atom. The Labute approximate surface area is 109 Å². The van der Waals surface area contributed by atoms with E-state index in [9.17, 15) is 4.79 Å². The molecule has 0 aliphatic heterocycles. The van der Waals surface area contributed by atoms with Crippen LogP contribution in [0.4, 0.5) is 0 Å². The molecule has 4 nitrogen and oxygen atoms in total. The van der Waals surface area contributed by atoms with Gasteiger partial charge in [0, 0.05) is 0 Å². The summed E-state index contributed by atoms with van der Waals surface area (Å²) in [5.74, 6) is -0.562. The molecule has 0 spiro atoms. The van der Waals surface area contributed by atoms with E-state index in [0.717, 1.165) is 18.4 Å². The molecule has 4 heteroatoms. The normalized spacial score (nSPS) is 10.6. The van der Waals surface area contributed by atoms with Crippen LogP contribution in [0.5, 0.6) is 0 Å². The second-order valence-electron chi connectivity index (χ2n) is 4.34. The highest BCUT2D eigenvalue weighted by molar-refractivity contribution is 6.34. The average Bonchev–Trinajstić information content (AvgIpc) is 2.29. The number of hydrogen-bond acceptors (Lipinski definition) is 2. The molecule has 0 aromatic carbocycles. The second-order valence-corrected chi connectivity index (χ2v) is 4.34. The molecule has 0 atom stereocenters. The highest BCUT2D eigenvalue weighted by Gasteiger charge is 2.19. The molecule has 0 saturated heterocycles. The number of nitrogens with zero attached hydrogens (tertiary/aromatic N) is 2. The van der Waals surface area contributed by atoms with Crippen molar-refractivity contribution < 1.29 is 14.3 Å². The summed E-state index contributed by atoms with van der Waals surface area (Å²) in [6.07, 6.45) is 6.28. The highest BCUT2D eigenvalue weighted by atomic mass is 16.5. The van der Waals surface area contributed by atoms with Crippen LogP contribution in [0.2, 0.25) is 0 Å². The molecule has 0 aliphatic rings. The minimum absolute atomic E-state index is 0.0402. The topological polar surface area (TPSA) is 62.7 Å². The zero-order valence-electron chi connectivity index (χ0n) is 11.7. The predicted molar refractivity (Wildman–Crippen MR) is 72.3 cm³/mol. The van der Waals surface area contributed by atoms with Crippen molar-refractivity contribution in [1.82, 2.24) is 0 Å². The first kappa shape index (κ1) is 16.3. The van der Waals surface area contributed by atoms with E-state index in [1.54, 1.807) is 6.92 Å². The van der Waals surface area contributed by atoms with Crippen molar-refractivity contribution in [2.75, 3.05) is 6.61 Å². The van der Waals surface area contributed by atoms with E-state index in [1.165, 1.54) is 5.57 Å². The third-order valence-corrected chi connectivity index (χ3v) is 2.37. The Balaban J connectivity index is 4.30. The van der Waals surface area contributed by atoms with Gasteiger partial charge in [0.05, 0.1) is 13.0 Å². The van der Waals surface area contributed by atoms with Crippen LogP contribution in [0.1, 0.15) is 47.0 Å². The smallest absolute Gasteiger partial charge is 0.417 e. The monoisotopic (exact) mass is 250 g/mol. The molecule has 0 heterocycles. The van der Waals surface area contributed by atoms with Gasteiger partial charge in [0.1, 0.15) is 0 Å². The quantitative estimate of drug-likeness (QED) is 0.229. The van der Waals surface area contributed by atoms with Gasteiger partial charge in [0.2, 0.25) is 0 Å². The summed E-state index contributed by atoms with van der Waals surface area (Å²) >= 11 is 0. The predicted octanol–water partition coefficient (Wildman–Crippen LogP) is 3.30. The van der Waals surface area contributed by atoms with Gasteiger partial charge in [0.15, 0.2) is 0 Å². The SMILES string of the molecule is CCOC(=O)C(C/C=C(\C)CCC=C(C)C)=[N+]=[N-]. The van der Waals surface area contributed by atoms with Gasteiger partial charge in [-0.05, 0) is 40.5 Å². The fraction of sp³-hybridized carbons (Fsp3) is 0.571. The van der Waals surface area contributed by atoms with E-state index < -0.39 is 5.97 Å². The number of esters is 1. The molecule has 0 aromatic heterocycles. The van der Waals surface area contributed by atoms with Gasteiger partial charge in [0.25, 0.3) is 0 Å². The second kappa shape index (κ2) is 9.37. The molecule has 0 radical (unpaired) electrons. The molecule has 100 valence electrons. The van der Waals surface area contributed by atoms with Crippen molar-refractivity contribution >= 4 is 11.7 Å². The first-order chi connectivity index (χ1) is 8.51. The van der Waals surface area contributed by atoms with Crippen molar-refractivity contribution in [3.63, 3.8) is 0 Å². The molecule has 0 aromatic rings. The molecule has 0 saturated carbocycles. The van der Waals surface area contributed by atoms with Crippen LogP contribution in [0.25, 0.3) is 5.53 Å². The summed E-state index contributed by atoms with van der Waals surface area (Å²) in [7, 11) is 0. The molecule has 0 amide bonds. The Kier molecular flexibility index (Phi) is 8.50. The molecule has 0 aliphatic carbocycles. The van der Waals surface area contributed by atoms with Crippen LogP contribution in [0.15, 0.2) is 23.3 Å². The fourth-order valence-electron chi connectivity index (χ4n) is 1.34. The Hall–Kier alpha value is -1.67. The molecule has 0 fully saturated rings. The van der Waals surface area contributed by atoms with E-state index >= 15 is 0 Å². The van der Waals surface area contributed by atoms with Crippen molar-refractivity contribution in [2.45, 2.75) is 47.0 Å². The molecule has 0 unspecified atom stereocenters. The summed E-state index contributed by atoms with van der Waals surface area (Å²) in [4.78, 5) is 14.3. The van der Waals surface area contributed by atoms with Gasteiger partial charge in [-0.15, -0.1) is 0 Å². The zero-order chi connectivity index (χ0) is 14.0. The van der Waals surface area contributed by atoms with Crippen molar-refractivity contribution in [3.8, 4) is 0 Å². The van der Waals surface area contributed by atoms with E-state index in [4.69, 9.17) is 10.3 Å². The number of rotatable bonds is 7. The van der Waals surface area contributed by atoms with Gasteiger partial charge in [-0.2, -0.15) is 4.79 Å². The fourth-order valence-corrected chi connectivity index (χ4v) is 1.34. The first-order valence-corrected chi connectivity index (χ1v) is 6.18. The molecule has 18 heavy (non-hydrogen) atoms. The summed E-state index contributed by atoms with van der Waals surface area (Å²) in [5.41, 5.74) is 11.2. The van der Waals surface area contributed by atoms with Crippen LogP contribution < -0.4 is 0 Å². The summed E-state index contributed by atoms with van der Waals surface area (Å²) in [6, 6.07) is 0. The molecule has 0 bridgehead atoms. The van der Waals surface area contributed by atoms with Gasteiger partial charge in [-0.3, -0.25) is 0 Å². The number of carbonyl (C=O) groups excluding carboxylic acids is 1. The third kappa shape index (κ3) is 7.58. The lowest BCUT2D eigenvalue weighted by Crippen LogP contribution is -2.17. The molecular weight excluding hydrogens is 228 g/mol. The summed E-state index contributed by atoms with van der Waals surface area (Å²) in [6.45, 7) is 8.13. The van der Waals surface area contributed by atoms with Crippen LogP contribution in [-0.4, -0.2) is 23.1 Å². The zero-order valence-corrected chi connectivity index (χ0v) is 11.7. The van der Waals surface area contributed by atoms with E-state index in [1.807, 2.05) is 13.0 Å². The van der Waals surface area contributed by atoms with E-state index in [2.05, 4.69) is 24.7 Å². The Morgan fingerprint density at radius 1 is 1.28 bits per heavy atom. The van der Waals surface area contributed by atoms with Crippen molar-refractivity contribution in [1.29, 1.82) is 0 Å². The summed E-state index contributed by atoms with van der Waals surface area (Å²) < 4.78 is 4.77. The van der Waals surface area contributed by atoms with Gasteiger partial charge >= 0.3 is 11.7 Å². The minimum Gasteiger partial charge on any atom is -0.457 e. The van der Waals surface area contributed by atoms with Gasteiger partial charge in [-0.1, -0.05) is 23.3 Å². The molecular formula is C14H22N2O2. The first-order valence-electron chi connectivity index (χ1n) is 6.18. The number of allylic oxidation sites excluding steroid dienone is 4. The van der Waals surface area contributed by atoms with Crippen LogP contribution in [0, 0.1) is 0 Å². The van der Waals surface area contributed by atoms with E-state index in [-0.39, 0.29) is 12.3 Å². The highest BCUT2D eigenvalue weighted by Crippen LogP contribution is 2.07. The third-order valence-electron chi connectivity index (χ3n) is 2.37. The number of hydrogen-bond donors (Lipinski definition) is 0. The van der Waals surface area contributed by atoms with Gasteiger partial charge < -0.3 is 10.3 Å². The van der Waals surface area contributed by atoms with Crippen LogP contribution in [0.3, 0.4) is 0 Å². The van der Waals surface area contributed by atoms with Gasteiger partial charge in [-0.25, -0.2) is 4.79 Å². The van der Waals surface area contributed by atoms with Crippen LogP contribution >= 0.6 is 0 Å². The lowest BCUT2D eigenvalue weighted by Gasteiger charge is -1.98. The largest absolute Gasteiger partial charge is 0.457 e. The Bertz CT molecular complexity index is 385. The average molecular weight is 250 g/mol. The number of ether oxygens (including phenoxy) is 1. The van der Waals surface area contributed by atoms with Crippen LogP contribution in [-0.2, 0) is 9.53 Å². The molecule has 0 rings (SSSR count). The molecule has 0 N–H and O–H groups in total. The minimum atomic E-state index is -0.562. The lowest BCUT2D eigenvalue weighted by atomic mass is 10.1. The van der Waals surface area contributed by atoms with Crippen molar-refractivity contribution in [3.05, 3.63) is 28.8 Å².